The normalized spacial score (nSPS) is 10.8. The van der Waals surface area contributed by atoms with E-state index in [9.17, 15) is 0 Å². The molecular weight excluding hydrogens is 266 g/mol. The molecular formula is C12H9N3OS2. The molecule has 4 nitrogen and oxygen atoms in total. The van der Waals surface area contributed by atoms with Crippen LogP contribution in [0.4, 0.5) is 0 Å². The number of aromatic nitrogens is 3. The molecule has 2 aromatic heterocycles. The Morgan fingerprint density at radius 3 is 2.78 bits per heavy atom. The lowest BCUT2D eigenvalue weighted by Gasteiger charge is -1.99. The number of hydrogen-bond donors (Lipinski definition) is 1. The van der Waals surface area contributed by atoms with E-state index >= 15 is 0 Å². The fraction of sp³-hybridized carbons (Fsp3) is 0.0833. The molecule has 0 spiro atoms. The van der Waals surface area contributed by atoms with E-state index in [0.717, 1.165) is 10.6 Å². The average molecular weight is 275 g/mol. The van der Waals surface area contributed by atoms with Gasteiger partial charge in [-0.25, -0.2) is 4.98 Å². The first kappa shape index (κ1) is 11.4. The highest BCUT2D eigenvalue weighted by molar-refractivity contribution is 7.80. The molecule has 3 aromatic rings. The van der Waals surface area contributed by atoms with Crippen molar-refractivity contribution < 1.29 is 4.42 Å². The zero-order chi connectivity index (χ0) is 12.5. The van der Waals surface area contributed by atoms with E-state index in [2.05, 4.69) is 46.9 Å². The second-order valence-corrected chi connectivity index (χ2v) is 4.98. The van der Waals surface area contributed by atoms with Gasteiger partial charge in [0.1, 0.15) is 10.7 Å². The third-order valence-electron chi connectivity index (χ3n) is 2.51. The summed E-state index contributed by atoms with van der Waals surface area (Å²) in [5.74, 6) is 0.399. The summed E-state index contributed by atoms with van der Waals surface area (Å²) in [7, 11) is 0. The molecule has 3 rings (SSSR count). The number of nitrogens with zero attached hydrogens (tertiary/aromatic N) is 3. The van der Waals surface area contributed by atoms with Crippen LogP contribution in [-0.4, -0.2) is 15.2 Å². The SMILES string of the molecule is Cc1ccccc1-c1nc(-c2nnc(S)o2)cs1. The van der Waals surface area contributed by atoms with Crippen molar-refractivity contribution in [3.05, 3.63) is 35.2 Å². The van der Waals surface area contributed by atoms with Gasteiger partial charge in [-0.15, -0.1) is 21.5 Å². The van der Waals surface area contributed by atoms with Crippen molar-refractivity contribution in [2.75, 3.05) is 0 Å². The number of rotatable bonds is 2. The van der Waals surface area contributed by atoms with Crippen LogP contribution in [0.5, 0.6) is 0 Å². The van der Waals surface area contributed by atoms with E-state index in [1.165, 1.54) is 5.56 Å². The molecule has 0 N–H and O–H groups in total. The van der Waals surface area contributed by atoms with Gasteiger partial charge in [-0.2, -0.15) is 0 Å². The average Bonchev–Trinajstić information content (AvgIpc) is 2.98. The van der Waals surface area contributed by atoms with Crippen LogP contribution in [0, 0.1) is 6.92 Å². The van der Waals surface area contributed by atoms with Gasteiger partial charge in [0.2, 0.25) is 0 Å². The van der Waals surface area contributed by atoms with Gasteiger partial charge in [0.25, 0.3) is 11.1 Å². The second kappa shape index (κ2) is 4.55. The van der Waals surface area contributed by atoms with Crippen LogP contribution in [-0.2, 0) is 0 Å². The van der Waals surface area contributed by atoms with Gasteiger partial charge in [-0.05, 0) is 12.5 Å². The van der Waals surface area contributed by atoms with E-state index < -0.39 is 0 Å². The van der Waals surface area contributed by atoms with Crippen molar-refractivity contribution in [2.45, 2.75) is 12.1 Å². The lowest BCUT2D eigenvalue weighted by Crippen LogP contribution is -1.82. The topological polar surface area (TPSA) is 51.8 Å². The largest absolute Gasteiger partial charge is 0.410 e. The molecule has 0 aliphatic rings. The maximum atomic E-state index is 5.24. The molecule has 0 aliphatic carbocycles. The molecule has 0 saturated heterocycles. The molecule has 0 fully saturated rings. The third kappa shape index (κ3) is 2.04. The first-order valence-corrected chi connectivity index (χ1v) is 6.61. The minimum atomic E-state index is 0.246. The minimum Gasteiger partial charge on any atom is -0.410 e. The lowest BCUT2D eigenvalue weighted by atomic mass is 10.1. The Morgan fingerprint density at radius 1 is 1.22 bits per heavy atom. The lowest BCUT2D eigenvalue weighted by molar-refractivity contribution is 0.467. The number of aryl methyl sites for hydroxylation is 1. The monoisotopic (exact) mass is 275 g/mol. The zero-order valence-corrected chi connectivity index (χ0v) is 11.2. The molecule has 2 heterocycles. The number of hydrogen-bond acceptors (Lipinski definition) is 6. The highest BCUT2D eigenvalue weighted by Gasteiger charge is 2.12. The van der Waals surface area contributed by atoms with Crippen LogP contribution in [0.1, 0.15) is 5.56 Å². The molecule has 6 heteroatoms. The van der Waals surface area contributed by atoms with Crippen molar-refractivity contribution in [3.63, 3.8) is 0 Å². The van der Waals surface area contributed by atoms with Gasteiger partial charge in [-0.1, -0.05) is 36.9 Å². The third-order valence-corrected chi connectivity index (χ3v) is 3.57. The first-order valence-electron chi connectivity index (χ1n) is 5.28. The second-order valence-electron chi connectivity index (χ2n) is 3.74. The Morgan fingerprint density at radius 2 is 2.06 bits per heavy atom. The van der Waals surface area contributed by atoms with Crippen molar-refractivity contribution >= 4 is 24.0 Å². The molecule has 0 aliphatic heterocycles. The summed E-state index contributed by atoms with van der Waals surface area (Å²) in [6.07, 6.45) is 0. The predicted octanol–water partition coefficient (Wildman–Crippen LogP) is 3.46. The van der Waals surface area contributed by atoms with Gasteiger partial charge in [0.15, 0.2) is 0 Å². The quantitative estimate of drug-likeness (QED) is 0.728. The van der Waals surface area contributed by atoms with E-state index in [4.69, 9.17) is 4.42 Å². The smallest absolute Gasteiger partial charge is 0.273 e. The molecule has 0 unspecified atom stereocenters. The van der Waals surface area contributed by atoms with E-state index in [-0.39, 0.29) is 5.22 Å². The molecule has 0 atom stereocenters. The summed E-state index contributed by atoms with van der Waals surface area (Å²) in [5, 5.41) is 10.7. The number of thiol groups is 1. The van der Waals surface area contributed by atoms with Crippen LogP contribution in [0.15, 0.2) is 39.3 Å². The maximum absolute atomic E-state index is 5.24. The summed E-state index contributed by atoms with van der Waals surface area (Å²) in [4.78, 5) is 4.51. The Balaban J connectivity index is 2.02. The summed E-state index contributed by atoms with van der Waals surface area (Å²) in [5.41, 5.74) is 3.00. The van der Waals surface area contributed by atoms with Gasteiger partial charge < -0.3 is 4.42 Å². The van der Waals surface area contributed by atoms with Crippen molar-refractivity contribution in [1.29, 1.82) is 0 Å². The number of thiazole rings is 1. The van der Waals surface area contributed by atoms with Crippen molar-refractivity contribution in [1.82, 2.24) is 15.2 Å². The zero-order valence-electron chi connectivity index (χ0n) is 9.49. The molecule has 0 saturated carbocycles. The van der Waals surface area contributed by atoms with Gasteiger partial charge in [0, 0.05) is 10.9 Å². The highest BCUT2D eigenvalue weighted by atomic mass is 32.1. The molecule has 0 amide bonds. The number of benzene rings is 1. The van der Waals surface area contributed by atoms with Crippen LogP contribution in [0.2, 0.25) is 0 Å². The first-order chi connectivity index (χ1) is 8.74. The Bertz CT molecular complexity index is 690. The summed E-state index contributed by atoms with van der Waals surface area (Å²) < 4.78 is 5.24. The van der Waals surface area contributed by atoms with E-state index in [0.29, 0.717) is 11.6 Å². The summed E-state index contributed by atoms with van der Waals surface area (Å²) in [6, 6.07) is 8.13. The Kier molecular flexibility index (Phi) is 2.89. The van der Waals surface area contributed by atoms with Gasteiger partial charge in [0.05, 0.1) is 0 Å². The van der Waals surface area contributed by atoms with Crippen molar-refractivity contribution in [2.24, 2.45) is 0 Å². The van der Waals surface area contributed by atoms with E-state index in [1.807, 2.05) is 17.5 Å². The van der Waals surface area contributed by atoms with Crippen LogP contribution >= 0.6 is 24.0 Å². The maximum Gasteiger partial charge on any atom is 0.273 e. The fourth-order valence-corrected chi connectivity index (χ4v) is 2.64. The predicted molar refractivity (Wildman–Crippen MR) is 72.8 cm³/mol. The Hall–Kier alpha value is -1.66. The highest BCUT2D eigenvalue weighted by Crippen LogP contribution is 2.30. The standard InChI is InChI=1S/C12H9N3OS2/c1-7-4-2-3-5-8(7)11-13-9(6-18-11)10-14-15-12(17)16-10/h2-6H,1H3,(H,15,17). The van der Waals surface area contributed by atoms with Crippen LogP contribution in [0.25, 0.3) is 22.2 Å². The van der Waals surface area contributed by atoms with Crippen molar-refractivity contribution in [3.8, 4) is 22.2 Å². The van der Waals surface area contributed by atoms with Gasteiger partial charge in [-0.3, -0.25) is 0 Å². The molecule has 18 heavy (non-hydrogen) atoms. The fourth-order valence-electron chi connectivity index (χ4n) is 1.63. The van der Waals surface area contributed by atoms with Crippen LogP contribution in [0.3, 0.4) is 0 Å². The minimum absolute atomic E-state index is 0.246. The molecule has 0 bridgehead atoms. The Labute approximate surface area is 113 Å². The molecule has 90 valence electrons. The van der Waals surface area contributed by atoms with E-state index in [1.54, 1.807) is 11.3 Å². The summed E-state index contributed by atoms with van der Waals surface area (Å²) in [6.45, 7) is 2.06. The summed E-state index contributed by atoms with van der Waals surface area (Å²) >= 11 is 5.54. The molecule has 1 aromatic carbocycles. The molecule has 0 radical (unpaired) electrons. The van der Waals surface area contributed by atoms with Crippen LogP contribution < -0.4 is 0 Å². The van der Waals surface area contributed by atoms with Gasteiger partial charge >= 0.3 is 0 Å².